The van der Waals surface area contributed by atoms with Crippen LogP contribution < -0.4 is 4.90 Å². The summed E-state index contributed by atoms with van der Waals surface area (Å²) in [6.45, 7) is 6.95. The van der Waals surface area contributed by atoms with Crippen LogP contribution in [-0.2, 0) is 0 Å². The summed E-state index contributed by atoms with van der Waals surface area (Å²) in [7, 11) is 0. The summed E-state index contributed by atoms with van der Waals surface area (Å²) in [4.78, 5) is 30.1. The second-order valence-electron chi connectivity index (χ2n) is 7.36. The van der Waals surface area contributed by atoms with Gasteiger partial charge in [0.25, 0.3) is 5.91 Å². The van der Waals surface area contributed by atoms with Gasteiger partial charge < -0.3 is 19.3 Å². The van der Waals surface area contributed by atoms with Crippen LogP contribution >= 0.6 is 0 Å². The Labute approximate surface area is 163 Å². The molecule has 4 rings (SSSR count). The number of nitrogens with zero attached hydrogens (tertiary/aromatic N) is 6. The Hall–Kier alpha value is -3.00. The fourth-order valence-corrected chi connectivity index (χ4v) is 3.85. The zero-order valence-electron chi connectivity index (χ0n) is 16.2. The molecule has 3 aromatic rings. The third-order valence-corrected chi connectivity index (χ3v) is 5.09. The van der Waals surface area contributed by atoms with E-state index >= 15 is 0 Å². The number of aliphatic hydroxyl groups excluding tert-OH is 1. The van der Waals surface area contributed by atoms with E-state index in [2.05, 4.69) is 33.7 Å². The maximum Gasteiger partial charge on any atom is 0.274 e. The van der Waals surface area contributed by atoms with Crippen molar-refractivity contribution in [2.75, 3.05) is 18.0 Å². The number of piperazine rings is 1. The first-order valence-electron chi connectivity index (χ1n) is 9.46. The Morgan fingerprint density at radius 3 is 2.61 bits per heavy atom. The highest BCUT2D eigenvalue weighted by atomic mass is 16.3. The number of fused-ring (bicyclic) bond motifs is 1. The van der Waals surface area contributed by atoms with E-state index in [0.29, 0.717) is 24.6 Å². The van der Waals surface area contributed by atoms with Gasteiger partial charge in [0.2, 0.25) is 0 Å². The minimum atomic E-state index is -0.719. The van der Waals surface area contributed by atoms with Crippen LogP contribution in [0.2, 0.25) is 0 Å². The van der Waals surface area contributed by atoms with Crippen LogP contribution in [0, 0.1) is 0 Å². The number of aromatic nitrogens is 4. The van der Waals surface area contributed by atoms with Gasteiger partial charge in [-0.05, 0) is 39.0 Å². The van der Waals surface area contributed by atoms with Gasteiger partial charge in [0.05, 0.1) is 0 Å². The normalized spacial score (nSPS) is 21.1. The summed E-state index contributed by atoms with van der Waals surface area (Å²) in [6, 6.07) is 7.69. The zero-order chi connectivity index (χ0) is 19.8. The molecule has 1 aliphatic rings. The van der Waals surface area contributed by atoms with Crippen molar-refractivity contribution >= 4 is 17.4 Å². The minimum absolute atomic E-state index is 0.0607. The van der Waals surface area contributed by atoms with E-state index in [1.165, 1.54) is 0 Å². The number of carbonyl (C=O) groups is 1. The van der Waals surface area contributed by atoms with Gasteiger partial charge in [-0.1, -0.05) is 6.07 Å². The van der Waals surface area contributed by atoms with E-state index in [1.807, 2.05) is 39.8 Å². The van der Waals surface area contributed by atoms with Crippen molar-refractivity contribution in [2.45, 2.75) is 39.0 Å². The predicted octanol–water partition coefficient (Wildman–Crippen LogP) is 1.92. The van der Waals surface area contributed by atoms with E-state index in [9.17, 15) is 9.90 Å². The molecule has 0 unspecified atom stereocenters. The molecule has 3 aromatic heterocycles. The van der Waals surface area contributed by atoms with Gasteiger partial charge >= 0.3 is 0 Å². The molecule has 0 radical (unpaired) electrons. The number of imidazole rings is 1. The maximum absolute atomic E-state index is 13.0. The molecule has 0 saturated carbocycles. The summed E-state index contributed by atoms with van der Waals surface area (Å²) < 4.78 is 1.86. The molecule has 8 nitrogen and oxygen atoms in total. The monoisotopic (exact) mass is 380 g/mol. The number of carbonyl (C=O) groups excluding carboxylic acids is 1. The molecule has 8 heteroatoms. The average molecular weight is 380 g/mol. The molecule has 146 valence electrons. The lowest BCUT2D eigenvalue weighted by molar-refractivity contribution is 0.0695. The molecule has 3 atom stereocenters. The lowest BCUT2D eigenvalue weighted by atomic mass is 10.1. The highest BCUT2D eigenvalue weighted by Gasteiger charge is 2.34. The average Bonchev–Trinajstić information content (AvgIpc) is 3.11. The summed E-state index contributed by atoms with van der Waals surface area (Å²) >= 11 is 0. The SMILES string of the molecule is C[C@@H]1CN(C(=O)c2cn3ccccc3n2)C[C@H](C)N1c1ccnc([C@@H](C)O)n1. The summed E-state index contributed by atoms with van der Waals surface area (Å²) in [5.74, 6) is 1.11. The lowest BCUT2D eigenvalue weighted by Crippen LogP contribution is -2.58. The summed E-state index contributed by atoms with van der Waals surface area (Å²) in [5.41, 5.74) is 1.22. The molecule has 0 bridgehead atoms. The molecular formula is C20H24N6O2. The number of amides is 1. The maximum atomic E-state index is 13.0. The topological polar surface area (TPSA) is 86.9 Å². The van der Waals surface area contributed by atoms with Crippen LogP contribution in [0.4, 0.5) is 5.82 Å². The van der Waals surface area contributed by atoms with Crippen LogP contribution in [0.25, 0.3) is 5.65 Å². The van der Waals surface area contributed by atoms with Crippen LogP contribution in [0.3, 0.4) is 0 Å². The molecule has 1 N–H and O–H groups in total. The number of hydrogen-bond acceptors (Lipinski definition) is 6. The Morgan fingerprint density at radius 1 is 1.18 bits per heavy atom. The van der Waals surface area contributed by atoms with E-state index in [0.717, 1.165) is 11.5 Å². The number of anilines is 1. The molecular weight excluding hydrogens is 356 g/mol. The molecule has 0 aliphatic carbocycles. The molecule has 0 spiro atoms. The Bertz CT molecular complexity index is 956. The molecule has 1 saturated heterocycles. The molecule has 1 aliphatic heterocycles. The van der Waals surface area contributed by atoms with Gasteiger partial charge in [0, 0.05) is 43.8 Å². The van der Waals surface area contributed by atoms with Crippen LogP contribution in [0.1, 0.15) is 43.2 Å². The van der Waals surface area contributed by atoms with Crippen LogP contribution in [0.5, 0.6) is 0 Å². The van der Waals surface area contributed by atoms with E-state index in [1.54, 1.807) is 19.3 Å². The molecule has 28 heavy (non-hydrogen) atoms. The highest BCUT2D eigenvalue weighted by molar-refractivity contribution is 5.93. The second kappa shape index (κ2) is 7.20. The number of pyridine rings is 1. The fraction of sp³-hybridized carbons (Fsp3) is 0.400. The Morgan fingerprint density at radius 2 is 1.93 bits per heavy atom. The summed E-state index contributed by atoms with van der Waals surface area (Å²) in [6.07, 6.45) is 4.61. The van der Waals surface area contributed by atoms with Gasteiger partial charge in [-0.3, -0.25) is 4.79 Å². The van der Waals surface area contributed by atoms with Crippen LogP contribution in [-0.4, -0.2) is 60.4 Å². The zero-order valence-corrected chi connectivity index (χ0v) is 16.2. The number of rotatable bonds is 3. The predicted molar refractivity (Wildman–Crippen MR) is 105 cm³/mol. The molecule has 0 aromatic carbocycles. The van der Waals surface area contributed by atoms with Crippen molar-refractivity contribution in [3.63, 3.8) is 0 Å². The Balaban J connectivity index is 1.54. The first-order valence-corrected chi connectivity index (χ1v) is 9.46. The number of aliphatic hydroxyl groups is 1. The molecule has 1 amide bonds. The number of hydrogen-bond donors (Lipinski definition) is 1. The van der Waals surface area contributed by atoms with Crippen molar-refractivity contribution in [3.8, 4) is 0 Å². The smallest absolute Gasteiger partial charge is 0.274 e. The second-order valence-corrected chi connectivity index (χ2v) is 7.36. The standard InChI is InChI=1S/C20H24N6O2/c1-13-10-25(20(28)16-12-24-9-5-4-6-17(24)22-16)11-14(2)26(13)18-7-8-21-19(23-18)15(3)27/h4-9,12-15,27H,10-11H2,1-3H3/t13-,14+,15-/m1/s1. The first-order chi connectivity index (χ1) is 13.4. The van der Waals surface area contributed by atoms with Gasteiger partial charge in [-0.2, -0.15) is 0 Å². The Kier molecular flexibility index (Phi) is 4.72. The van der Waals surface area contributed by atoms with Crippen molar-refractivity contribution < 1.29 is 9.90 Å². The minimum Gasteiger partial charge on any atom is -0.385 e. The van der Waals surface area contributed by atoms with Crippen LogP contribution in [0.15, 0.2) is 42.9 Å². The fourth-order valence-electron chi connectivity index (χ4n) is 3.85. The lowest BCUT2D eigenvalue weighted by Gasteiger charge is -2.45. The highest BCUT2D eigenvalue weighted by Crippen LogP contribution is 2.24. The quantitative estimate of drug-likeness (QED) is 0.747. The first kappa shape index (κ1) is 18.4. The third-order valence-electron chi connectivity index (χ3n) is 5.09. The van der Waals surface area contributed by atoms with Gasteiger partial charge in [0.1, 0.15) is 23.3 Å². The molecule has 1 fully saturated rings. The van der Waals surface area contributed by atoms with Gasteiger partial charge in [0.15, 0.2) is 5.82 Å². The van der Waals surface area contributed by atoms with Gasteiger partial charge in [-0.25, -0.2) is 15.0 Å². The van der Waals surface area contributed by atoms with E-state index in [-0.39, 0.29) is 18.0 Å². The van der Waals surface area contributed by atoms with Crippen molar-refractivity contribution in [1.29, 1.82) is 0 Å². The van der Waals surface area contributed by atoms with Crippen molar-refractivity contribution in [3.05, 3.63) is 54.4 Å². The van der Waals surface area contributed by atoms with E-state index < -0.39 is 6.10 Å². The van der Waals surface area contributed by atoms with Crippen molar-refractivity contribution in [2.24, 2.45) is 0 Å². The summed E-state index contributed by atoms with van der Waals surface area (Å²) in [5, 5.41) is 9.77. The van der Waals surface area contributed by atoms with E-state index in [4.69, 9.17) is 0 Å². The third kappa shape index (κ3) is 3.31. The van der Waals surface area contributed by atoms with Gasteiger partial charge in [-0.15, -0.1) is 0 Å². The largest absolute Gasteiger partial charge is 0.385 e. The van der Waals surface area contributed by atoms with Crippen molar-refractivity contribution in [1.82, 2.24) is 24.3 Å². The molecule has 4 heterocycles.